The zero-order valence-corrected chi connectivity index (χ0v) is 13.7. The number of benzene rings is 1. The summed E-state index contributed by atoms with van der Waals surface area (Å²) >= 11 is 0. The summed E-state index contributed by atoms with van der Waals surface area (Å²) in [5.74, 6) is -0.921. The summed E-state index contributed by atoms with van der Waals surface area (Å²) in [4.78, 5) is 33.7. The molecule has 0 saturated heterocycles. The number of para-hydroxylation sites is 1. The summed E-state index contributed by atoms with van der Waals surface area (Å²) in [6.07, 6.45) is 2.83. The van der Waals surface area contributed by atoms with Crippen molar-refractivity contribution in [1.29, 1.82) is 0 Å². The maximum atomic E-state index is 11.6. The predicted octanol–water partition coefficient (Wildman–Crippen LogP) is 0.400. The van der Waals surface area contributed by atoms with E-state index >= 15 is 0 Å². The van der Waals surface area contributed by atoms with Gasteiger partial charge in [-0.25, -0.2) is 0 Å². The van der Waals surface area contributed by atoms with E-state index in [4.69, 9.17) is 0 Å². The second-order valence-corrected chi connectivity index (χ2v) is 5.46. The summed E-state index contributed by atoms with van der Waals surface area (Å²) in [6, 6.07) is 10.2. The number of hydrogen-bond acceptors (Lipinski definition) is 3. The van der Waals surface area contributed by atoms with E-state index in [1.54, 1.807) is 0 Å². The molecule has 0 aliphatic carbocycles. The highest BCUT2D eigenvalue weighted by Crippen LogP contribution is 2.15. The van der Waals surface area contributed by atoms with E-state index in [1.165, 1.54) is 17.8 Å². The van der Waals surface area contributed by atoms with Crippen molar-refractivity contribution in [3.05, 3.63) is 36.5 Å². The molecule has 1 aromatic heterocycles. The van der Waals surface area contributed by atoms with E-state index < -0.39 is 0 Å². The van der Waals surface area contributed by atoms with Crippen molar-refractivity contribution in [2.24, 2.45) is 0 Å². The fourth-order valence-corrected chi connectivity index (χ4v) is 2.32. The highest BCUT2D eigenvalue weighted by atomic mass is 16.2. The van der Waals surface area contributed by atoms with Crippen LogP contribution in [0.5, 0.6) is 0 Å². The zero-order chi connectivity index (χ0) is 17.4. The van der Waals surface area contributed by atoms with Gasteiger partial charge in [0.25, 0.3) is 0 Å². The Morgan fingerprint density at radius 2 is 1.67 bits per heavy atom. The van der Waals surface area contributed by atoms with E-state index in [1.807, 2.05) is 18.3 Å². The lowest BCUT2D eigenvalue weighted by Gasteiger charge is -2.08. The van der Waals surface area contributed by atoms with Gasteiger partial charge >= 0.3 is 0 Å². The van der Waals surface area contributed by atoms with Gasteiger partial charge in [0, 0.05) is 31.7 Å². The lowest BCUT2D eigenvalue weighted by molar-refractivity contribution is -0.127. The normalized spacial score (nSPS) is 10.4. The minimum Gasteiger partial charge on any atom is -0.355 e. The minimum atomic E-state index is -0.390. The molecule has 1 heterocycles. The molecule has 0 bridgehead atoms. The van der Waals surface area contributed by atoms with E-state index in [-0.39, 0.29) is 30.8 Å². The van der Waals surface area contributed by atoms with Crippen molar-refractivity contribution >= 4 is 28.6 Å². The van der Waals surface area contributed by atoms with E-state index in [2.05, 4.69) is 38.7 Å². The first-order chi connectivity index (χ1) is 11.6. The quantitative estimate of drug-likeness (QED) is 0.612. The molecule has 3 N–H and O–H groups in total. The van der Waals surface area contributed by atoms with Crippen molar-refractivity contribution in [2.45, 2.75) is 19.9 Å². The van der Waals surface area contributed by atoms with Gasteiger partial charge in [0.1, 0.15) is 0 Å². The Balaban J connectivity index is 1.62. The lowest BCUT2D eigenvalue weighted by atomic mass is 10.2. The molecule has 0 aliphatic heterocycles. The number of rotatable bonds is 8. The Morgan fingerprint density at radius 3 is 2.46 bits per heavy atom. The van der Waals surface area contributed by atoms with E-state index in [9.17, 15) is 14.4 Å². The average molecular weight is 330 g/mol. The Kier molecular flexibility index (Phi) is 6.36. The van der Waals surface area contributed by atoms with E-state index in [0.717, 1.165) is 13.0 Å². The van der Waals surface area contributed by atoms with Crippen LogP contribution in [0.4, 0.5) is 0 Å². The topological polar surface area (TPSA) is 92.2 Å². The molecule has 24 heavy (non-hydrogen) atoms. The summed E-state index contributed by atoms with van der Waals surface area (Å²) < 4.78 is 2.15. The number of aromatic nitrogens is 1. The van der Waals surface area contributed by atoms with Gasteiger partial charge in [0.15, 0.2) is 0 Å². The molecule has 2 rings (SSSR count). The number of aryl methyl sites for hydroxylation is 1. The van der Waals surface area contributed by atoms with Crippen LogP contribution in [0.15, 0.2) is 36.5 Å². The molecule has 0 atom stereocenters. The third-order valence-electron chi connectivity index (χ3n) is 3.52. The van der Waals surface area contributed by atoms with Crippen molar-refractivity contribution in [3.8, 4) is 0 Å². The van der Waals surface area contributed by atoms with Crippen LogP contribution in [0.25, 0.3) is 10.9 Å². The molecule has 0 radical (unpaired) electrons. The third-order valence-corrected chi connectivity index (χ3v) is 3.52. The van der Waals surface area contributed by atoms with Crippen LogP contribution in [0.3, 0.4) is 0 Å². The number of carbonyl (C=O) groups is 3. The Bertz CT molecular complexity index is 723. The van der Waals surface area contributed by atoms with Gasteiger partial charge in [-0.05, 0) is 23.9 Å². The molecule has 0 fully saturated rings. The van der Waals surface area contributed by atoms with Crippen molar-refractivity contribution < 1.29 is 14.4 Å². The summed E-state index contributed by atoms with van der Waals surface area (Å²) in [5, 5.41) is 8.77. The van der Waals surface area contributed by atoms with Gasteiger partial charge in [-0.15, -0.1) is 0 Å². The van der Waals surface area contributed by atoms with Crippen molar-refractivity contribution in [1.82, 2.24) is 20.5 Å². The van der Waals surface area contributed by atoms with E-state index in [0.29, 0.717) is 6.54 Å². The summed E-state index contributed by atoms with van der Waals surface area (Å²) in [7, 11) is 0. The second-order valence-electron chi connectivity index (χ2n) is 5.46. The Hall–Kier alpha value is -2.83. The highest BCUT2D eigenvalue weighted by molar-refractivity contribution is 5.87. The number of nitrogens with zero attached hydrogens (tertiary/aromatic N) is 1. The molecule has 7 nitrogen and oxygen atoms in total. The predicted molar refractivity (Wildman–Crippen MR) is 91.3 cm³/mol. The van der Waals surface area contributed by atoms with Crippen LogP contribution >= 0.6 is 0 Å². The molecule has 0 spiro atoms. The first-order valence-corrected chi connectivity index (χ1v) is 7.88. The van der Waals surface area contributed by atoms with Crippen molar-refractivity contribution in [2.75, 3.05) is 19.6 Å². The maximum Gasteiger partial charge on any atom is 0.239 e. The minimum absolute atomic E-state index is 0.0924. The average Bonchev–Trinajstić information content (AvgIpc) is 2.98. The van der Waals surface area contributed by atoms with Gasteiger partial charge in [-0.3, -0.25) is 14.4 Å². The molecule has 2 aromatic rings. The molecule has 1 aromatic carbocycles. The van der Waals surface area contributed by atoms with Crippen LogP contribution in [0.2, 0.25) is 0 Å². The molecule has 128 valence electrons. The molecular formula is C17H22N4O3. The maximum absolute atomic E-state index is 11.6. The van der Waals surface area contributed by atoms with Gasteiger partial charge in [-0.1, -0.05) is 18.2 Å². The van der Waals surface area contributed by atoms with Crippen LogP contribution in [0, 0.1) is 0 Å². The van der Waals surface area contributed by atoms with Crippen LogP contribution in [-0.2, 0) is 20.9 Å². The molecule has 7 heteroatoms. The first kappa shape index (κ1) is 17.5. The van der Waals surface area contributed by atoms with Gasteiger partial charge in [0.05, 0.1) is 13.1 Å². The number of fused-ring (bicyclic) bond motifs is 1. The van der Waals surface area contributed by atoms with Gasteiger partial charge in [-0.2, -0.15) is 0 Å². The van der Waals surface area contributed by atoms with Crippen LogP contribution in [0.1, 0.15) is 13.3 Å². The van der Waals surface area contributed by atoms with Gasteiger partial charge in [0.2, 0.25) is 17.7 Å². The summed E-state index contributed by atoms with van der Waals surface area (Å²) in [5.41, 5.74) is 1.18. The standard InChI is InChI=1S/C17H22N4O3/c1-13(22)19-11-17(24)20-12-16(23)18-8-4-9-21-10-7-14-5-2-3-6-15(14)21/h2-3,5-7,10H,4,8-9,11-12H2,1H3,(H,18,23)(H,19,22)(H,20,24). The smallest absolute Gasteiger partial charge is 0.239 e. The largest absolute Gasteiger partial charge is 0.355 e. The summed E-state index contributed by atoms with van der Waals surface area (Å²) in [6.45, 7) is 2.46. The number of hydrogen-bond donors (Lipinski definition) is 3. The lowest BCUT2D eigenvalue weighted by Crippen LogP contribution is -2.41. The first-order valence-electron chi connectivity index (χ1n) is 7.88. The van der Waals surface area contributed by atoms with Gasteiger partial charge < -0.3 is 20.5 Å². The van der Waals surface area contributed by atoms with Crippen LogP contribution in [-0.4, -0.2) is 41.9 Å². The molecule has 0 saturated carbocycles. The third kappa shape index (κ3) is 5.42. The second kappa shape index (κ2) is 8.71. The molecule has 3 amide bonds. The highest BCUT2D eigenvalue weighted by Gasteiger charge is 2.05. The Morgan fingerprint density at radius 1 is 0.958 bits per heavy atom. The Labute approximate surface area is 140 Å². The molecule has 0 aliphatic rings. The zero-order valence-electron chi connectivity index (χ0n) is 13.7. The molecule has 0 unspecified atom stereocenters. The number of nitrogens with one attached hydrogen (secondary N) is 3. The number of carbonyl (C=O) groups excluding carboxylic acids is 3. The molecular weight excluding hydrogens is 308 g/mol. The fourth-order valence-electron chi connectivity index (χ4n) is 2.32. The van der Waals surface area contributed by atoms with Crippen molar-refractivity contribution in [3.63, 3.8) is 0 Å². The fraction of sp³-hybridized carbons (Fsp3) is 0.353. The monoisotopic (exact) mass is 330 g/mol. The SMILES string of the molecule is CC(=O)NCC(=O)NCC(=O)NCCCn1ccc2ccccc21. The van der Waals surface area contributed by atoms with Crippen LogP contribution < -0.4 is 16.0 Å². The number of amides is 3.